The van der Waals surface area contributed by atoms with Gasteiger partial charge in [-0.2, -0.15) is 0 Å². The van der Waals surface area contributed by atoms with Crippen LogP contribution in [0.15, 0.2) is 18.2 Å². The lowest BCUT2D eigenvalue weighted by Crippen LogP contribution is -2.27. The summed E-state index contributed by atoms with van der Waals surface area (Å²) < 4.78 is 0. The minimum atomic E-state index is 0.0449. The van der Waals surface area contributed by atoms with Gasteiger partial charge in [-0.25, -0.2) is 0 Å². The third kappa shape index (κ3) is 5.75. The molecule has 0 bridgehead atoms. The van der Waals surface area contributed by atoms with Crippen LogP contribution in [0.5, 0.6) is 0 Å². The van der Waals surface area contributed by atoms with Gasteiger partial charge in [-0.3, -0.25) is 4.79 Å². The fraction of sp³-hybridized carbons (Fsp3) is 0.533. The average molecular weight is 263 g/mol. The van der Waals surface area contributed by atoms with Gasteiger partial charge in [0.25, 0.3) is 0 Å². The fourth-order valence-electron chi connectivity index (χ4n) is 2.05. The largest absolute Gasteiger partial charge is 0.399 e. The number of amides is 1. The van der Waals surface area contributed by atoms with E-state index in [1.54, 1.807) is 6.07 Å². The molecule has 0 radical (unpaired) electrons. The molecular weight excluding hydrogens is 238 g/mol. The molecule has 0 fully saturated rings. The van der Waals surface area contributed by atoms with Gasteiger partial charge in [-0.15, -0.1) is 0 Å². The second-order valence-corrected chi connectivity index (χ2v) is 5.53. The van der Waals surface area contributed by atoms with Crippen LogP contribution in [0, 0.1) is 12.8 Å². The number of nitrogens with two attached hydrogens (primary N) is 1. The first kappa shape index (κ1) is 15.5. The number of anilines is 2. The maximum Gasteiger partial charge on any atom is 0.225 e. The Morgan fingerprint density at radius 1 is 1.42 bits per heavy atom. The number of rotatable bonds is 6. The van der Waals surface area contributed by atoms with Crippen molar-refractivity contribution in [3.8, 4) is 0 Å². The number of nitrogens with one attached hydrogen (secondary N) is 1. The van der Waals surface area contributed by atoms with Gasteiger partial charge in [-0.1, -0.05) is 13.8 Å². The summed E-state index contributed by atoms with van der Waals surface area (Å²) in [7, 11) is 2.04. The van der Waals surface area contributed by atoms with Crippen molar-refractivity contribution in [2.45, 2.75) is 27.2 Å². The van der Waals surface area contributed by atoms with Gasteiger partial charge in [0.15, 0.2) is 0 Å². The van der Waals surface area contributed by atoms with E-state index in [4.69, 9.17) is 5.73 Å². The van der Waals surface area contributed by atoms with Crippen LogP contribution in [0.2, 0.25) is 0 Å². The predicted molar refractivity (Wildman–Crippen MR) is 81.2 cm³/mol. The summed E-state index contributed by atoms with van der Waals surface area (Å²) in [6.07, 6.45) is 0.507. The van der Waals surface area contributed by atoms with Crippen molar-refractivity contribution in [2.24, 2.45) is 5.92 Å². The minimum Gasteiger partial charge on any atom is -0.399 e. The van der Waals surface area contributed by atoms with E-state index in [0.29, 0.717) is 18.0 Å². The lowest BCUT2D eigenvalue weighted by Gasteiger charge is -2.18. The smallest absolute Gasteiger partial charge is 0.225 e. The van der Waals surface area contributed by atoms with Gasteiger partial charge >= 0.3 is 0 Å². The Morgan fingerprint density at radius 2 is 2.11 bits per heavy atom. The molecule has 0 aliphatic carbocycles. The van der Waals surface area contributed by atoms with Crippen LogP contribution in [0.4, 0.5) is 11.4 Å². The van der Waals surface area contributed by atoms with Crippen LogP contribution < -0.4 is 11.1 Å². The first-order valence-corrected chi connectivity index (χ1v) is 6.73. The molecule has 0 aliphatic rings. The van der Waals surface area contributed by atoms with E-state index in [1.807, 2.05) is 26.1 Å². The standard InChI is InChI=1S/C15H25N3O/c1-11(2)10-18(4)8-7-15(19)17-14-6-5-13(16)9-12(14)3/h5-6,9,11H,7-8,10,16H2,1-4H3,(H,17,19). The van der Waals surface area contributed by atoms with E-state index in [0.717, 1.165) is 24.3 Å². The molecule has 0 aromatic heterocycles. The van der Waals surface area contributed by atoms with Crippen LogP contribution in [-0.2, 0) is 4.79 Å². The molecule has 0 saturated carbocycles. The molecule has 0 spiro atoms. The predicted octanol–water partition coefficient (Wildman–Crippen LogP) is 2.49. The highest BCUT2D eigenvalue weighted by atomic mass is 16.1. The number of hydrogen-bond donors (Lipinski definition) is 2. The zero-order valence-electron chi connectivity index (χ0n) is 12.4. The van der Waals surface area contributed by atoms with E-state index in [9.17, 15) is 4.79 Å². The Hall–Kier alpha value is -1.55. The van der Waals surface area contributed by atoms with Gasteiger partial charge in [0.1, 0.15) is 0 Å². The van der Waals surface area contributed by atoms with Crippen molar-refractivity contribution in [2.75, 3.05) is 31.2 Å². The molecule has 4 heteroatoms. The molecule has 0 saturated heterocycles. The maximum absolute atomic E-state index is 11.9. The van der Waals surface area contributed by atoms with Crippen molar-refractivity contribution < 1.29 is 4.79 Å². The third-order valence-electron chi connectivity index (χ3n) is 2.92. The zero-order valence-corrected chi connectivity index (χ0v) is 12.4. The van der Waals surface area contributed by atoms with E-state index in [-0.39, 0.29) is 5.91 Å². The second kappa shape index (κ2) is 7.14. The molecule has 4 nitrogen and oxygen atoms in total. The van der Waals surface area contributed by atoms with Gasteiger partial charge in [0.2, 0.25) is 5.91 Å². The lowest BCUT2D eigenvalue weighted by atomic mass is 10.1. The van der Waals surface area contributed by atoms with E-state index >= 15 is 0 Å². The van der Waals surface area contributed by atoms with Crippen molar-refractivity contribution in [1.29, 1.82) is 0 Å². The topological polar surface area (TPSA) is 58.4 Å². The maximum atomic E-state index is 11.9. The van der Waals surface area contributed by atoms with Gasteiger partial charge in [0, 0.05) is 30.9 Å². The van der Waals surface area contributed by atoms with Crippen LogP contribution in [0.3, 0.4) is 0 Å². The van der Waals surface area contributed by atoms with Crippen molar-refractivity contribution in [1.82, 2.24) is 4.90 Å². The molecule has 0 aliphatic heterocycles. The Kier molecular flexibility index (Phi) is 5.83. The molecule has 1 aromatic carbocycles. The number of benzene rings is 1. The highest BCUT2D eigenvalue weighted by Crippen LogP contribution is 2.17. The van der Waals surface area contributed by atoms with Gasteiger partial charge in [-0.05, 0) is 43.7 Å². The van der Waals surface area contributed by atoms with Gasteiger partial charge < -0.3 is 16.0 Å². The summed E-state index contributed by atoms with van der Waals surface area (Å²) in [5, 5.41) is 2.92. The SMILES string of the molecule is Cc1cc(N)ccc1NC(=O)CCN(C)CC(C)C. The Bertz CT molecular complexity index is 429. The number of nitrogen functional groups attached to an aromatic ring is 1. The molecule has 1 amide bonds. The first-order chi connectivity index (χ1) is 8.88. The van der Waals surface area contributed by atoms with Crippen LogP contribution >= 0.6 is 0 Å². The minimum absolute atomic E-state index is 0.0449. The van der Waals surface area contributed by atoms with Crippen molar-refractivity contribution in [3.05, 3.63) is 23.8 Å². The highest BCUT2D eigenvalue weighted by molar-refractivity contribution is 5.91. The summed E-state index contributed by atoms with van der Waals surface area (Å²) in [4.78, 5) is 14.1. The normalized spacial score (nSPS) is 11.1. The van der Waals surface area contributed by atoms with E-state index in [2.05, 4.69) is 24.1 Å². The van der Waals surface area contributed by atoms with Crippen LogP contribution in [0.25, 0.3) is 0 Å². The summed E-state index contributed by atoms with van der Waals surface area (Å²) in [6.45, 7) is 8.08. The average Bonchev–Trinajstić information content (AvgIpc) is 2.29. The van der Waals surface area contributed by atoms with Crippen LogP contribution in [-0.4, -0.2) is 30.9 Å². The molecule has 0 atom stereocenters. The summed E-state index contributed by atoms with van der Waals surface area (Å²) in [6, 6.07) is 5.51. The molecule has 1 aromatic rings. The van der Waals surface area contributed by atoms with Crippen molar-refractivity contribution in [3.63, 3.8) is 0 Å². The summed E-state index contributed by atoms with van der Waals surface area (Å²) >= 11 is 0. The van der Waals surface area contributed by atoms with Gasteiger partial charge in [0.05, 0.1) is 0 Å². The molecule has 106 valence electrons. The quantitative estimate of drug-likeness (QED) is 0.775. The molecular formula is C15H25N3O. The Balaban J connectivity index is 2.43. The third-order valence-corrected chi connectivity index (χ3v) is 2.92. The summed E-state index contributed by atoms with van der Waals surface area (Å²) in [5.74, 6) is 0.663. The fourth-order valence-corrected chi connectivity index (χ4v) is 2.05. The number of hydrogen-bond acceptors (Lipinski definition) is 3. The number of carbonyl (C=O) groups excluding carboxylic acids is 1. The first-order valence-electron chi connectivity index (χ1n) is 6.73. The monoisotopic (exact) mass is 263 g/mol. The Labute approximate surface area is 116 Å². The van der Waals surface area contributed by atoms with Crippen LogP contribution in [0.1, 0.15) is 25.8 Å². The zero-order chi connectivity index (χ0) is 14.4. The van der Waals surface area contributed by atoms with E-state index < -0.39 is 0 Å². The molecule has 3 N–H and O–H groups in total. The molecule has 1 rings (SSSR count). The molecule has 0 heterocycles. The molecule has 19 heavy (non-hydrogen) atoms. The summed E-state index contributed by atoms with van der Waals surface area (Å²) in [5.41, 5.74) is 8.23. The number of aryl methyl sites for hydroxylation is 1. The lowest BCUT2D eigenvalue weighted by molar-refractivity contribution is -0.116. The Morgan fingerprint density at radius 3 is 2.68 bits per heavy atom. The number of carbonyl (C=O) groups is 1. The number of nitrogens with zero attached hydrogens (tertiary/aromatic N) is 1. The van der Waals surface area contributed by atoms with E-state index in [1.165, 1.54) is 0 Å². The van der Waals surface area contributed by atoms with Crippen molar-refractivity contribution >= 4 is 17.3 Å². The highest BCUT2D eigenvalue weighted by Gasteiger charge is 2.07. The molecule has 0 unspecified atom stereocenters. The second-order valence-electron chi connectivity index (χ2n) is 5.53.